The van der Waals surface area contributed by atoms with Crippen molar-refractivity contribution < 1.29 is 4.79 Å². The summed E-state index contributed by atoms with van der Waals surface area (Å²) in [6.45, 7) is 2.87. The molecule has 0 saturated heterocycles. The fourth-order valence-electron chi connectivity index (χ4n) is 1.84. The van der Waals surface area contributed by atoms with Crippen LogP contribution in [0.15, 0.2) is 53.0 Å². The van der Waals surface area contributed by atoms with Gasteiger partial charge in [-0.1, -0.05) is 45.8 Å². The Bertz CT molecular complexity index is 581. The number of rotatable bonds is 5. The Hall–Kier alpha value is -1.81. The van der Waals surface area contributed by atoms with Crippen LogP contribution < -0.4 is 10.6 Å². The normalized spacial score (nSPS) is 10.1. The van der Waals surface area contributed by atoms with Gasteiger partial charge in [0.2, 0.25) is 5.91 Å². The minimum Gasteiger partial charge on any atom is -0.376 e. The van der Waals surface area contributed by atoms with Gasteiger partial charge < -0.3 is 10.6 Å². The van der Waals surface area contributed by atoms with Crippen molar-refractivity contribution in [2.45, 2.75) is 13.5 Å². The molecule has 3 nitrogen and oxygen atoms in total. The van der Waals surface area contributed by atoms with Gasteiger partial charge in [0.05, 0.1) is 6.54 Å². The zero-order valence-electron chi connectivity index (χ0n) is 11.3. The first-order chi connectivity index (χ1) is 9.63. The van der Waals surface area contributed by atoms with Gasteiger partial charge in [0.1, 0.15) is 0 Å². The third-order valence-electron chi connectivity index (χ3n) is 2.87. The average molecular weight is 333 g/mol. The zero-order valence-corrected chi connectivity index (χ0v) is 12.9. The van der Waals surface area contributed by atoms with Gasteiger partial charge in [0.25, 0.3) is 0 Å². The molecule has 0 aliphatic rings. The van der Waals surface area contributed by atoms with E-state index < -0.39 is 0 Å². The highest BCUT2D eigenvalue weighted by Crippen LogP contribution is 2.13. The molecule has 0 heterocycles. The van der Waals surface area contributed by atoms with Gasteiger partial charge >= 0.3 is 0 Å². The van der Waals surface area contributed by atoms with Gasteiger partial charge in [0.15, 0.2) is 0 Å². The van der Waals surface area contributed by atoms with Crippen molar-refractivity contribution in [3.8, 4) is 0 Å². The Morgan fingerprint density at radius 1 is 1.15 bits per heavy atom. The first-order valence-corrected chi connectivity index (χ1v) is 7.24. The van der Waals surface area contributed by atoms with E-state index >= 15 is 0 Å². The predicted octanol–water partition coefficient (Wildman–Crippen LogP) is 3.49. The molecular weight excluding hydrogens is 316 g/mol. The average Bonchev–Trinajstić information content (AvgIpc) is 2.45. The molecule has 2 aromatic rings. The number of nitrogens with one attached hydrogen (secondary N) is 2. The first-order valence-electron chi connectivity index (χ1n) is 6.45. The number of carbonyl (C=O) groups is 1. The molecule has 0 aromatic heterocycles. The summed E-state index contributed by atoms with van der Waals surface area (Å²) in [6.07, 6.45) is 0. The quantitative estimate of drug-likeness (QED) is 0.879. The summed E-state index contributed by atoms with van der Waals surface area (Å²) in [7, 11) is 0. The fraction of sp³-hybridized carbons (Fsp3) is 0.188. The lowest BCUT2D eigenvalue weighted by molar-refractivity contribution is -0.119. The summed E-state index contributed by atoms with van der Waals surface area (Å²) in [4.78, 5) is 11.8. The molecule has 20 heavy (non-hydrogen) atoms. The van der Waals surface area contributed by atoms with Crippen LogP contribution in [-0.4, -0.2) is 12.5 Å². The highest BCUT2D eigenvalue weighted by atomic mass is 79.9. The topological polar surface area (TPSA) is 41.1 Å². The van der Waals surface area contributed by atoms with Crippen molar-refractivity contribution in [2.75, 3.05) is 11.9 Å². The second-order valence-corrected chi connectivity index (χ2v) is 5.54. The SMILES string of the molecule is Cc1cccc(CNC(=O)CNc2ccc(Br)cc2)c1. The Balaban J connectivity index is 1.77. The molecule has 0 unspecified atom stereocenters. The molecule has 1 amide bonds. The standard InChI is InChI=1S/C16H17BrN2O/c1-12-3-2-4-13(9-12)10-19-16(20)11-18-15-7-5-14(17)6-8-15/h2-9,18H,10-11H2,1H3,(H,19,20). The van der Waals surface area contributed by atoms with Gasteiger partial charge in [-0.2, -0.15) is 0 Å². The van der Waals surface area contributed by atoms with E-state index in [0.29, 0.717) is 6.54 Å². The molecule has 2 N–H and O–H groups in total. The monoisotopic (exact) mass is 332 g/mol. The number of benzene rings is 2. The molecule has 0 saturated carbocycles. The number of halogens is 1. The summed E-state index contributed by atoms with van der Waals surface area (Å²) >= 11 is 3.37. The Morgan fingerprint density at radius 2 is 1.90 bits per heavy atom. The molecule has 0 aliphatic carbocycles. The maximum atomic E-state index is 11.8. The zero-order chi connectivity index (χ0) is 14.4. The lowest BCUT2D eigenvalue weighted by Gasteiger charge is -2.08. The van der Waals surface area contributed by atoms with Crippen LogP contribution in [0.5, 0.6) is 0 Å². The molecular formula is C16H17BrN2O. The van der Waals surface area contributed by atoms with Gasteiger partial charge in [-0.05, 0) is 36.8 Å². The summed E-state index contributed by atoms with van der Waals surface area (Å²) < 4.78 is 1.02. The largest absolute Gasteiger partial charge is 0.376 e. The highest BCUT2D eigenvalue weighted by molar-refractivity contribution is 9.10. The van der Waals surface area contributed by atoms with E-state index in [2.05, 4.69) is 32.6 Å². The number of hydrogen-bond donors (Lipinski definition) is 2. The summed E-state index contributed by atoms with van der Waals surface area (Å²) in [6, 6.07) is 15.9. The minimum absolute atomic E-state index is 0.0191. The smallest absolute Gasteiger partial charge is 0.239 e. The van der Waals surface area contributed by atoms with Crippen LogP contribution in [0.4, 0.5) is 5.69 Å². The number of anilines is 1. The summed E-state index contributed by atoms with van der Waals surface area (Å²) in [5, 5.41) is 5.98. The van der Waals surface area contributed by atoms with E-state index in [1.165, 1.54) is 5.56 Å². The molecule has 0 atom stereocenters. The lowest BCUT2D eigenvalue weighted by atomic mass is 10.1. The second-order valence-electron chi connectivity index (χ2n) is 4.63. The molecule has 0 bridgehead atoms. The minimum atomic E-state index is -0.0191. The van der Waals surface area contributed by atoms with Crippen molar-refractivity contribution in [1.29, 1.82) is 0 Å². The molecule has 104 valence electrons. The Labute approximate surface area is 127 Å². The van der Waals surface area contributed by atoms with E-state index in [0.717, 1.165) is 15.7 Å². The van der Waals surface area contributed by atoms with Gasteiger partial charge in [-0.3, -0.25) is 4.79 Å². The first kappa shape index (κ1) is 14.6. The van der Waals surface area contributed by atoms with Crippen molar-refractivity contribution >= 4 is 27.5 Å². The highest BCUT2D eigenvalue weighted by Gasteiger charge is 2.01. The molecule has 2 rings (SSSR count). The Kier molecular flexibility index (Phi) is 5.18. The second kappa shape index (κ2) is 7.10. The number of hydrogen-bond acceptors (Lipinski definition) is 2. The van der Waals surface area contributed by atoms with Crippen LogP contribution in [0.3, 0.4) is 0 Å². The molecule has 0 spiro atoms. The number of carbonyl (C=O) groups excluding carboxylic acids is 1. The Morgan fingerprint density at radius 3 is 2.60 bits per heavy atom. The molecule has 4 heteroatoms. The van der Waals surface area contributed by atoms with Crippen LogP contribution in [0.2, 0.25) is 0 Å². The van der Waals surface area contributed by atoms with E-state index in [1.54, 1.807) is 0 Å². The van der Waals surface area contributed by atoms with Crippen LogP contribution in [0.1, 0.15) is 11.1 Å². The van der Waals surface area contributed by atoms with Crippen molar-refractivity contribution in [3.63, 3.8) is 0 Å². The molecule has 2 aromatic carbocycles. The maximum Gasteiger partial charge on any atom is 0.239 e. The fourth-order valence-corrected chi connectivity index (χ4v) is 2.10. The predicted molar refractivity (Wildman–Crippen MR) is 85.7 cm³/mol. The summed E-state index contributed by atoms with van der Waals surface area (Å²) in [5.74, 6) is -0.0191. The summed E-state index contributed by atoms with van der Waals surface area (Å²) in [5.41, 5.74) is 3.24. The molecule has 0 aliphatic heterocycles. The van der Waals surface area contributed by atoms with Crippen LogP contribution in [0, 0.1) is 6.92 Å². The third-order valence-corrected chi connectivity index (χ3v) is 3.40. The van der Waals surface area contributed by atoms with E-state index in [-0.39, 0.29) is 12.5 Å². The van der Waals surface area contributed by atoms with E-state index in [1.807, 2.05) is 49.4 Å². The number of amides is 1. The van der Waals surface area contributed by atoms with Crippen molar-refractivity contribution in [2.24, 2.45) is 0 Å². The molecule has 0 radical (unpaired) electrons. The van der Waals surface area contributed by atoms with Crippen LogP contribution in [0.25, 0.3) is 0 Å². The van der Waals surface area contributed by atoms with E-state index in [4.69, 9.17) is 0 Å². The van der Waals surface area contributed by atoms with Gasteiger partial charge in [-0.25, -0.2) is 0 Å². The van der Waals surface area contributed by atoms with Gasteiger partial charge in [0, 0.05) is 16.7 Å². The maximum absolute atomic E-state index is 11.8. The third kappa shape index (κ3) is 4.70. The van der Waals surface area contributed by atoms with Gasteiger partial charge in [-0.15, -0.1) is 0 Å². The van der Waals surface area contributed by atoms with Crippen LogP contribution >= 0.6 is 15.9 Å². The molecule has 0 fully saturated rings. The lowest BCUT2D eigenvalue weighted by Crippen LogP contribution is -2.29. The number of aryl methyl sites for hydroxylation is 1. The van der Waals surface area contributed by atoms with Crippen LogP contribution in [-0.2, 0) is 11.3 Å². The van der Waals surface area contributed by atoms with Crippen molar-refractivity contribution in [3.05, 3.63) is 64.1 Å². The van der Waals surface area contributed by atoms with E-state index in [9.17, 15) is 4.79 Å². The van der Waals surface area contributed by atoms with Crippen molar-refractivity contribution in [1.82, 2.24) is 5.32 Å².